The molecule has 0 unspecified atom stereocenters. The van der Waals surface area contributed by atoms with E-state index < -0.39 is 17.5 Å². The summed E-state index contributed by atoms with van der Waals surface area (Å²) >= 11 is 0. The normalized spacial score (nSPS) is 31.9. The number of ether oxygens (including phenoxy) is 3. The average Bonchev–Trinajstić information content (AvgIpc) is 2.88. The molecule has 0 fully saturated rings. The van der Waals surface area contributed by atoms with Gasteiger partial charge in [-0.15, -0.1) is 0 Å². The van der Waals surface area contributed by atoms with Gasteiger partial charge in [0.15, 0.2) is 5.78 Å². The van der Waals surface area contributed by atoms with Crippen LogP contribution < -0.4 is 9.47 Å². The van der Waals surface area contributed by atoms with Crippen LogP contribution in [0.1, 0.15) is 51.6 Å². The summed E-state index contributed by atoms with van der Waals surface area (Å²) in [6.07, 6.45) is 3.88. The van der Waals surface area contributed by atoms with Gasteiger partial charge in [0.2, 0.25) is 0 Å². The Bertz CT molecular complexity index is 1040. The molecule has 5 heteroatoms. The van der Waals surface area contributed by atoms with Crippen LogP contribution in [0.4, 0.5) is 0 Å². The van der Waals surface area contributed by atoms with Gasteiger partial charge < -0.3 is 19.3 Å². The largest absolute Gasteiger partial charge is 0.496 e. The van der Waals surface area contributed by atoms with Crippen molar-refractivity contribution < 1.29 is 24.1 Å². The number of methoxy groups -OCH3 is 1. The molecule has 0 aromatic heterocycles. The van der Waals surface area contributed by atoms with Crippen LogP contribution in [0.15, 0.2) is 42.5 Å². The minimum absolute atomic E-state index is 0.111. The molecule has 6 rings (SSSR count). The number of benzene rings is 2. The molecule has 2 aliphatic heterocycles. The molecule has 0 amide bonds. The minimum atomic E-state index is -1.12. The summed E-state index contributed by atoms with van der Waals surface area (Å²) in [7, 11) is 1.56. The Morgan fingerprint density at radius 2 is 2.12 bits per heavy atom. The van der Waals surface area contributed by atoms with Crippen LogP contribution in [0.3, 0.4) is 0 Å². The zero-order valence-corrected chi connectivity index (χ0v) is 14.1. The Morgan fingerprint density at radius 1 is 1.23 bits per heavy atom. The third-order valence-corrected chi connectivity index (χ3v) is 6.05. The van der Waals surface area contributed by atoms with Crippen molar-refractivity contribution >= 4 is 5.78 Å². The molecular weight excluding hydrogens is 332 g/mol. The SMILES string of the molecule is COc1ccc2c3c1C(=O)C=C[C@]31Oc3cccc4c3[C@]2(CC[C@H]4O)O1. The van der Waals surface area contributed by atoms with E-state index in [9.17, 15) is 9.90 Å². The van der Waals surface area contributed by atoms with Crippen molar-refractivity contribution in [3.05, 3.63) is 70.3 Å². The van der Waals surface area contributed by atoms with E-state index in [2.05, 4.69) is 0 Å². The molecule has 1 N–H and O–H groups in total. The minimum Gasteiger partial charge on any atom is -0.496 e. The van der Waals surface area contributed by atoms with Crippen LogP contribution in [-0.4, -0.2) is 18.0 Å². The van der Waals surface area contributed by atoms with Gasteiger partial charge in [0.05, 0.1) is 18.8 Å². The van der Waals surface area contributed by atoms with Crippen molar-refractivity contribution in [1.82, 2.24) is 0 Å². The fraction of sp³-hybridized carbons (Fsp3) is 0.286. The lowest BCUT2D eigenvalue weighted by atomic mass is 9.72. The van der Waals surface area contributed by atoms with E-state index in [1.54, 1.807) is 13.2 Å². The van der Waals surface area contributed by atoms with Crippen LogP contribution in [0.5, 0.6) is 11.5 Å². The van der Waals surface area contributed by atoms with Crippen molar-refractivity contribution in [2.75, 3.05) is 7.11 Å². The number of aliphatic hydroxyl groups excluding tert-OH is 1. The monoisotopic (exact) mass is 348 g/mol. The second-order valence-electron chi connectivity index (χ2n) is 7.24. The number of ketones is 1. The zero-order chi connectivity index (χ0) is 17.7. The van der Waals surface area contributed by atoms with Gasteiger partial charge >= 0.3 is 0 Å². The maximum atomic E-state index is 12.7. The summed E-state index contributed by atoms with van der Waals surface area (Å²) in [5, 5.41) is 10.5. The predicted octanol–water partition coefficient (Wildman–Crippen LogP) is 3.09. The molecule has 3 atom stereocenters. The Morgan fingerprint density at radius 3 is 2.96 bits per heavy atom. The fourth-order valence-corrected chi connectivity index (χ4v) is 5.05. The highest BCUT2D eigenvalue weighted by Crippen LogP contribution is 2.65. The lowest BCUT2D eigenvalue weighted by molar-refractivity contribution is -0.225. The Labute approximate surface area is 149 Å². The topological polar surface area (TPSA) is 65.0 Å². The van der Waals surface area contributed by atoms with E-state index in [1.165, 1.54) is 6.08 Å². The first-order valence-electron chi connectivity index (χ1n) is 8.76. The highest BCUT2D eigenvalue weighted by molar-refractivity contribution is 6.10. The summed E-state index contributed by atoms with van der Waals surface area (Å²) in [6.45, 7) is 0. The standard InChI is InChI=1S/C21H16O5/c1-24-15-6-5-12-19-17(15)14(23)8-10-21(19)25-16-4-2-3-11-13(22)7-9-20(12,26-21)18(11)16/h2-6,8,10,13,22H,7,9H2,1H3/t13-,20-,21-/m1/s1. The highest BCUT2D eigenvalue weighted by atomic mass is 16.7. The molecule has 130 valence electrons. The third-order valence-electron chi connectivity index (χ3n) is 6.05. The van der Waals surface area contributed by atoms with Gasteiger partial charge in [0.25, 0.3) is 5.79 Å². The Kier molecular flexibility index (Phi) is 2.44. The highest BCUT2D eigenvalue weighted by Gasteiger charge is 2.63. The lowest BCUT2D eigenvalue weighted by Crippen LogP contribution is -2.44. The van der Waals surface area contributed by atoms with Crippen LogP contribution in [0.25, 0.3) is 0 Å². The van der Waals surface area contributed by atoms with E-state index in [-0.39, 0.29) is 5.78 Å². The Hall–Kier alpha value is -2.63. The van der Waals surface area contributed by atoms with E-state index in [0.29, 0.717) is 29.9 Å². The van der Waals surface area contributed by atoms with E-state index in [1.807, 2.05) is 30.3 Å². The van der Waals surface area contributed by atoms with E-state index in [4.69, 9.17) is 14.2 Å². The molecule has 4 aliphatic rings. The molecule has 2 spiro atoms. The first-order chi connectivity index (χ1) is 12.6. The number of rotatable bonds is 1. The molecule has 26 heavy (non-hydrogen) atoms. The maximum Gasteiger partial charge on any atom is 0.260 e. The molecule has 0 radical (unpaired) electrons. The summed E-state index contributed by atoms with van der Waals surface area (Å²) in [5.74, 6) is -0.0110. The van der Waals surface area contributed by atoms with Crippen LogP contribution in [-0.2, 0) is 16.1 Å². The smallest absolute Gasteiger partial charge is 0.260 e. The molecular formula is C21H16O5. The quantitative estimate of drug-likeness (QED) is 0.858. The summed E-state index contributed by atoms with van der Waals surface area (Å²) in [6, 6.07) is 9.52. The fourth-order valence-electron chi connectivity index (χ4n) is 5.05. The van der Waals surface area contributed by atoms with E-state index in [0.717, 1.165) is 22.3 Å². The van der Waals surface area contributed by atoms with Crippen molar-refractivity contribution in [3.63, 3.8) is 0 Å². The zero-order valence-electron chi connectivity index (χ0n) is 14.1. The van der Waals surface area contributed by atoms with Crippen molar-refractivity contribution in [2.45, 2.75) is 30.3 Å². The van der Waals surface area contributed by atoms with Crippen molar-refractivity contribution in [3.8, 4) is 11.5 Å². The molecule has 2 aromatic carbocycles. The number of hydrogen-bond acceptors (Lipinski definition) is 5. The molecule has 2 bridgehead atoms. The number of carbonyl (C=O) groups excluding carboxylic acids is 1. The van der Waals surface area contributed by atoms with E-state index >= 15 is 0 Å². The summed E-state index contributed by atoms with van der Waals surface area (Å²) in [5.41, 5.74) is 3.18. The van der Waals surface area contributed by atoms with Gasteiger partial charge in [-0.2, -0.15) is 0 Å². The number of aliphatic hydroxyl groups is 1. The van der Waals surface area contributed by atoms with Gasteiger partial charge in [0, 0.05) is 11.1 Å². The number of carbonyl (C=O) groups is 1. The van der Waals surface area contributed by atoms with Crippen molar-refractivity contribution in [1.29, 1.82) is 0 Å². The van der Waals surface area contributed by atoms with Crippen LogP contribution >= 0.6 is 0 Å². The lowest BCUT2D eigenvalue weighted by Gasteiger charge is -2.45. The molecule has 0 saturated heterocycles. The molecule has 2 aliphatic carbocycles. The third kappa shape index (κ3) is 1.41. The van der Waals surface area contributed by atoms with Crippen LogP contribution in [0.2, 0.25) is 0 Å². The van der Waals surface area contributed by atoms with Gasteiger partial charge in [-0.05, 0) is 48.3 Å². The van der Waals surface area contributed by atoms with Gasteiger partial charge in [-0.3, -0.25) is 4.79 Å². The maximum absolute atomic E-state index is 12.7. The number of hydrogen-bond donors (Lipinski definition) is 1. The van der Waals surface area contributed by atoms with Gasteiger partial charge in [-0.1, -0.05) is 18.2 Å². The van der Waals surface area contributed by atoms with Crippen LogP contribution in [0, 0.1) is 0 Å². The second-order valence-corrected chi connectivity index (χ2v) is 7.24. The molecule has 2 heterocycles. The van der Waals surface area contributed by atoms with Gasteiger partial charge in [-0.25, -0.2) is 0 Å². The van der Waals surface area contributed by atoms with Crippen molar-refractivity contribution in [2.24, 2.45) is 0 Å². The Balaban J connectivity index is 1.77. The molecule has 2 aromatic rings. The first kappa shape index (κ1) is 14.5. The summed E-state index contributed by atoms with van der Waals surface area (Å²) in [4.78, 5) is 12.7. The molecule has 0 saturated carbocycles. The predicted molar refractivity (Wildman–Crippen MR) is 91.3 cm³/mol. The number of allylic oxidation sites excluding steroid dienone is 1. The summed E-state index contributed by atoms with van der Waals surface area (Å²) < 4.78 is 18.4. The average molecular weight is 348 g/mol. The second kappa shape index (κ2) is 4.37. The molecule has 5 nitrogen and oxygen atoms in total. The van der Waals surface area contributed by atoms with Gasteiger partial charge in [0.1, 0.15) is 17.1 Å². The first-order valence-corrected chi connectivity index (χ1v) is 8.76.